The predicted octanol–water partition coefficient (Wildman–Crippen LogP) is 11.8. The summed E-state index contributed by atoms with van der Waals surface area (Å²) in [6.07, 6.45) is 0. The van der Waals surface area contributed by atoms with Crippen LogP contribution in [-0.2, 0) is 6.54 Å². The Kier molecular flexibility index (Phi) is 5.51. The van der Waals surface area contributed by atoms with Crippen molar-refractivity contribution in [1.29, 1.82) is 0 Å². The molecule has 2 heteroatoms. The van der Waals surface area contributed by atoms with E-state index >= 15 is 0 Å². The van der Waals surface area contributed by atoms with Crippen LogP contribution in [0.15, 0.2) is 152 Å². The van der Waals surface area contributed by atoms with Gasteiger partial charge in [0, 0.05) is 39.9 Å². The zero-order chi connectivity index (χ0) is 29.2. The molecule has 0 N–H and O–H groups in total. The highest BCUT2D eigenvalue weighted by atomic mass is 15.1. The van der Waals surface area contributed by atoms with Gasteiger partial charge in [0.1, 0.15) is 0 Å². The number of rotatable bonds is 5. The van der Waals surface area contributed by atoms with Crippen LogP contribution in [0.4, 0.5) is 17.1 Å². The van der Waals surface area contributed by atoms with Gasteiger partial charge in [-0.05, 0) is 98.9 Å². The SMILES string of the molecule is CCn1c2ccccc2c2c3ccc4ccc(-c5ccc(N(c6ccccc6)c6ccccc6)cc5)c5ccc(cc21)c3c45. The maximum atomic E-state index is 2.46. The van der Waals surface area contributed by atoms with Crippen molar-refractivity contribution in [2.24, 2.45) is 0 Å². The van der Waals surface area contributed by atoms with Crippen LogP contribution >= 0.6 is 0 Å². The molecule has 1 heterocycles. The molecular weight excluding hydrogens is 532 g/mol. The monoisotopic (exact) mass is 562 g/mol. The molecule has 9 rings (SSSR count). The van der Waals surface area contributed by atoms with E-state index in [0.717, 1.165) is 23.6 Å². The molecule has 0 bridgehead atoms. The highest BCUT2D eigenvalue weighted by molar-refractivity contribution is 6.33. The molecule has 208 valence electrons. The maximum absolute atomic E-state index is 2.46. The first kappa shape index (κ1) is 24.9. The molecule has 2 nitrogen and oxygen atoms in total. The molecule has 0 saturated carbocycles. The molecule has 0 unspecified atom stereocenters. The molecule has 0 radical (unpaired) electrons. The van der Waals surface area contributed by atoms with Crippen molar-refractivity contribution in [3.05, 3.63) is 152 Å². The molecule has 0 fully saturated rings. The van der Waals surface area contributed by atoms with Gasteiger partial charge >= 0.3 is 0 Å². The Morgan fingerprint density at radius 2 is 1.05 bits per heavy atom. The zero-order valence-electron chi connectivity index (χ0n) is 24.5. The lowest BCUT2D eigenvalue weighted by Crippen LogP contribution is -2.09. The lowest BCUT2D eigenvalue weighted by Gasteiger charge is -2.25. The van der Waals surface area contributed by atoms with E-state index in [1.807, 2.05) is 0 Å². The number of anilines is 3. The molecular formula is C42H30N2. The number of fused-ring (bicyclic) bond motifs is 4. The van der Waals surface area contributed by atoms with E-state index in [4.69, 9.17) is 0 Å². The van der Waals surface area contributed by atoms with Crippen molar-refractivity contribution >= 4 is 71.2 Å². The van der Waals surface area contributed by atoms with Gasteiger partial charge in [-0.25, -0.2) is 0 Å². The second kappa shape index (κ2) is 9.72. The van der Waals surface area contributed by atoms with Crippen LogP contribution in [0.2, 0.25) is 0 Å². The Balaban J connectivity index is 1.24. The van der Waals surface area contributed by atoms with E-state index in [9.17, 15) is 0 Å². The zero-order valence-corrected chi connectivity index (χ0v) is 24.5. The Hall–Kier alpha value is -5.60. The lowest BCUT2D eigenvalue weighted by atomic mass is 9.88. The smallest absolute Gasteiger partial charge is 0.0503 e. The van der Waals surface area contributed by atoms with Crippen LogP contribution in [-0.4, -0.2) is 4.57 Å². The summed E-state index contributed by atoms with van der Waals surface area (Å²) in [6.45, 7) is 3.19. The summed E-state index contributed by atoms with van der Waals surface area (Å²) in [7, 11) is 0. The average molecular weight is 563 g/mol. The standard InChI is InChI=1S/C42H30N2/c1-2-43-38-16-10-9-15-36(38)42-37-26-20-29-19-24-34(35-25-21-30(27-39(42)43)41(37)40(29)35)28-17-22-33(23-18-28)44(31-11-5-3-6-12-31)32-13-7-4-8-14-32/h3-27H,2H2,1H3. The quantitative estimate of drug-likeness (QED) is 0.189. The van der Waals surface area contributed by atoms with Crippen LogP contribution < -0.4 is 4.90 Å². The van der Waals surface area contributed by atoms with Gasteiger partial charge < -0.3 is 9.47 Å². The number of para-hydroxylation sites is 3. The van der Waals surface area contributed by atoms with E-state index in [1.165, 1.54) is 65.3 Å². The Labute approximate surface area is 256 Å². The molecule has 8 aromatic carbocycles. The average Bonchev–Trinajstić information content (AvgIpc) is 3.41. The van der Waals surface area contributed by atoms with Gasteiger partial charge in [-0.3, -0.25) is 0 Å². The fraction of sp³-hybridized carbons (Fsp3) is 0.0476. The van der Waals surface area contributed by atoms with Crippen molar-refractivity contribution in [2.45, 2.75) is 13.5 Å². The van der Waals surface area contributed by atoms with E-state index in [-0.39, 0.29) is 0 Å². The number of benzene rings is 8. The van der Waals surface area contributed by atoms with E-state index in [0.29, 0.717) is 0 Å². The molecule has 0 atom stereocenters. The van der Waals surface area contributed by atoms with Crippen molar-refractivity contribution in [3.8, 4) is 11.1 Å². The summed E-state index contributed by atoms with van der Waals surface area (Å²) in [6, 6.07) is 55.4. The molecule has 0 spiro atoms. The van der Waals surface area contributed by atoms with Gasteiger partial charge in [0.25, 0.3) is 0 Å². The minimum absolute atomic E-state index is 0.948. The fourth-order valence-corrected chi connectivity index (χ4v) is 7.39. The highest BCUT2D eigenvalue weighted by Gasteiger charge is 2.19. The van der Waals surface area contributed by atoms with Crippen LogP contribution in [0.25, 0.3) is 65.3 Å². The topological polar surface area (TPSA) is 8.17 Å². The molecule has 1 aromatic heterocycles. The van der Waals surface area contributed by atoms with E-state index in [2.05, 4.69) is 168 Å². The van der Waals surface area contributed by atoms with Gasteiger partial charge in [0.15, 0.2) is 0 Å². The number of aryl methyl sites for hydroxylation is 1. The molecule has 0 aliphatic rings. The van der Waals surface area contributed by atoms with E-state index < -0.39 is 0 Å². The third-order valence-electron chi connectivity index (χ3n) is 9.30. The molecule has 9 aromatic rings. The number of nitrogens with zero attached hydrogens (tertiary/aromatic N) is 2. The minimum Gasteiger partial charge on any atom is -0.341 e. The normalized spacial score (nSPS) is 11.8. The van der Waals surface area contributed by atoms with Gasteiger partial charge in [0.2, 0.25) is 0 Å². The second-order valence-electron chi connectivity index (χ2n) is 11.6. The first-order valence-electron chi connectivity index (χ1n) is 15.4. The summed E-state index contributed by atoms with van der Waals surface area (Å²) < 4.78 is 2.46. The summed E-state index contributed by atoms with van der Waals surface area (Å²) in [4.78, 5) is 2.31. The van der Waals surface area contributed by atoms with Crippen molar-refractivity contribution in [2.75, 3.05) is 4.90 Å². The number of hydrogen-bond acceptors (Lipinski definition) is 1. The van der Waals surface area contributed by atoms with Crippen molar-refractivity contribution in [1.82, 2.24) is 4.57 Å². The molecule has 0 aliphatic carbocycles. The minimum atomic E-state index is 0.948. The largest absolute Gasteiger partial charge is 0.341 e. The van der Waals surface area contributed by atoms with Crippen LogP contribution in [0.5, 0.6) is 0 Å². The van der Waals surface area contributed by atoms with E-state index in [1.54, 1.807) is 0 Å². The van der Waals surface area contributed by atoms with Crippen molar-refractivity contribution < 1.29 is 0 Å². The Morgan fingerprint density at radius 1 is 0.455 bits per heavy atom. The highest BCUT2D eigenvalue weighted by Crippen LogP contribution is 2.44. The van der Waals surface area contributed by atoms with Crippen LogP contribution in [0.3, 0.4) is 0 Å². The first-order chi connectivity index (χ1) is 21.8. The fourth-order valence-electron chi connectivity index (χ4n) is 7.39. The van der Waals surface area contributed by atoms with Gasteiger partial charge in [0.05, 0.1) is 5.52 Å². The first-order valence-corrected chi connectivity index (χ1v) is 15.4. The molecule has 44 heavy (non-hydrogen) atoms. The summed E-state index contributed by atoms with van der Waals surface area (Å²) in [5.41, 5.74) is 8.53. The summed E-state index contributed by atoms with van der Waals surface area (Å²) >= 11 is 0. The van der Waals surface area contributed by atoms with Crippen LogP contribution in [0, 0.1) is 0 Å². The third-order valence-corrected chi connectivity index (χ3v) is 9.30. The summed E-state index contributed by atoms with van der Waals surface area (Å²) in [5.74, 6) is 0. The van der Waals surface area contributed by atoms with Gasteiger partial charge in [-0.15, -0.1) is 0 Å². The molecule has 0 aliphatic heterocycles. The predicted molar refractivity (Wildman–Crippen MR) is 189 cm³/mol. The Morgan fingerprint density at radius 3 is 1.77 bits per heavy atom. The van der Waals surface area contributed by atoms with Crippen molar-refractivity contribution in [3.63, 3.8) is 0 Å². The number of aromatic nitrogens is 1. The molecule has 0 amide bonds. The van der Waals surface area contributed by atoms with Gasteiger partial charge in [-0.2, -0.15) is 0 Å². The van der Waals surface area contributed by atoms with Crippen LogP contribution in [0.1, 0.15) is 6.92 Å². The lowest BCUT2D eigenvalue weighted by molar-refractivity contribution is 0.828. The maximum Gasteiger partial charge on any atom is 0.0503 e. The Bertz CT molecular complexity index is 2410. The summed E-state index contributed by atoms with van der Waals surface area (Å²) in [5, 5.41) is 10.6. The molecule has 0 saturated heterocycles. The van der Waals surface area contributed by atoms with Gasteiger partial charge in [-0.1, -0.05) is 103 Å². The third kappa shape index (κ3) is 3.61. The second-order valence-corrected chi connectivity index (χ2v) is 11.6. The number of hydrogen-bond donors (Lipinski definition) is 0.